The molecule has 1 N–H and O–H groups in total. The minimum absolute atomic E-state index is 0.0629. The molecular weight excluding hydrogens is 388 g/mol. The maximum absolute atomic E-state index is 13.3. The van der Waals surface area contributed by atoms with Crippen molar-refractivity contribution in [1.29, 1.82) is 0 Å². The number of Topliss-reactive ketones (excluding diaryl/α,β-unsaturated/α-hetero) is 1. The molecule has 0 saturated carbocycles. The van der Waals surface area contributed by atoms with Gasteiger partial charge in [-0.3, -0.25) is 4.79 Å². The van der Waals surface area contributed by atoms with Crippen LogP contribution in [0.5, 0.6) is 0 Å². The summed E-state index contributed by atoms with van der Waals surface area (Å²) in [6.45, 7) is 6.47. The van der Waals surface area contributed by atoms with Gasteiger partial charge in [0.15, 0.2) is 5.78 Å². The molecule has 6 nitrogen and oxygen atoms in total. The molecule has 1 saturated heterocycles. The first-order chi connectivity index (χ1) is 14.0. The third-order valence-corrected chi connectivity index (χ3v) is 6.41. The predicted molar refractivity (Wildman–Crippen MR) is 112 cm³/mol. The molecule has 0 spiro atoms. The van der Waals surface area contributed by atoms with Crippen LogP contribution >= 0.6 is 11.3 Å². The molecule has 1 fully saturated rings. The number of carbonyl (C=O) groups excluding carboxylic acids is 2. The molecular formula is C22H24N2O4S. The maximum Gasteiger partial charge on any atom is 0.337 e. The number of allylic oxidation sites excluding steroid dienone is 3. The van der Waals surface area contributed by atoms with Gasteiger partial charge in [0.1, 0.15) is 10.9 Å². The summed E-state index contributed by atoms with van der Waals surface area (Å²) < 4.78 is 11.2. The Morgan fingerprint density at radius 2 is 1.93 bits per heavy atom. The fraction of sp³-hybridized carbons (Fsp3) is 0.409. The number of nitrogens with zero attached hydrogens (tertiary/aromatic N) is 1. The number of rotatable bonds is 4. The first kappa shape index (κ1) is 19.8. The van der Waals surface area contributed by atoms with E-state index in [1.54, 1.807) is 13.1 Å². The highest BCUT2D eigenvalue weighted by atomic mass is 32.1. The second kappa shape index (κ2) is 8.08. The van der Waals surface area contributed by atoms with Crippen molar-refractivity contribution in [2.45, 2.75) is 45.6 Å². The lowest BCUT2D eigenvalue weighted by Crippen LogP contribution is -2.33. The van der Waals surface area contributed by atoms with Crippen LogP contribution in [0.25, 0.3) is 10.2 Å². The Morgan fingerprint density at radius 1 is 1.21 bits per heavy atom. The summed E-state index contributed by atoms with van der Waals surface area (Å²) in [5.74, 6) is -0.910. The SMILES string of the molecule is CC(=O)C1=C(C)NC(C)=C(C(=O)OC2CCOCC2)C1c1csc2ncccc12. The minimum atomic E-state index is -0.473. The van der Waals surface area contributed by atoms with Crippen LogP contribution < -0.4 is 5.32 Å². The lowest BCUT2D eigenvalue weighted by molar-refractivity contribution is -0.148. The smallest absolute Gasteiger partial charge is 0.337 e. The van der Waals surface area contributed by atoms with Gasteiger partial charge in [0.05, 0.1) is 18.8 Å². The van der Waals surface area contributed by atoms with Gasteiger partial charge in [-0.05, 0) is 37.8 Å². The van der Waals surface area contributed by atoms with E-state index < -0.39 is 5.92 Å². The third kappa shape index (κ3) is 3.72. The Labute approximate surface area is 173 Å². The average Bonchev–Trinajstić information content (AvgIpc) is 3.11. The molecule has 2 aromatic heterocycles. The summed E-state index contributed by atoms with van der Waals surface area (Å²) in [6.07, 6.45) is 2.97. The van der Waals surface area contributed by atoms with Crippen molar-refractivity contribution < 1.29 is 19.1 Å². The Hall–Kier alpha value is -2.51. The highest BCUT2D eigenvalue weighted by Crippen LogP contribution is 2.43. The molecule has 29 heavy (non-hydrogen) atoms. The molecule has 2 aliphatic rings. The molecule has 2 aliphatic heterocycles. The minimum Gasteiger partial charge on any atom is -0.459 e. The van der Waals surface area contributed by atoms with Crippen LogP contribution in [-0.4, -0.2) is 36.1 Å². The number of hydrogen-bond acceptors (Lipinski definition) is 7. The molecule has 0 aromatic carbocycles. The number of ketones is 1. The van der Waals surface area contributed by atoms with Gasteiger partial charge in [-0.25, -0.2) is 9.78 Å². The van der Waals surface area contributed by atoms with E-state index in [0.717, 1.165) is 27.2 Å². The standard InChI is InChI=1S/C22H24N2O4S/c1-12-18(14(3)25)20(17-11-29-21-16(17)5-4-8-23-21)19(13(2)24-12)22(26)28-15-6-9-27-10-7-15/h4-5,8,11,15,20,24H,6-7,9-10H2,1-3H3. The van der Waals surface area contributed by atoms with E-state index in [1.807, 2.05) is 31.4 Å². The first-order valence-electron chi connectivity index (χ1n) is 9.77. The summed E-state index contributed by atoms with van der Waals surface area (Å²) in [6, 6.07) is 3.86. The maximum atomic E-state index is 13.3. The van der Waals surface area contributed by atoms with Gasteiger partial charge in [0.25, 0.3) is 0 Å². The number of fused-ring (bicyclic) bond motifs is 1. The topological polar surface area (TPSA) is 77.5 Å². The number of pyridine rings is 1. The zero-order chi connectivity index (χ0) is 20.5. The number of esters is 1. The number of carbonyl (C=O) groups is 2. The Balaban J connectivity index is 1.80. The van der Waals surface area contributed by atoms with Gasteiger partial charge < -0.3 is 14.8 Å². The van der Waals surface area contributed by atoms with Crippen LogP contribution in [0.3, 0.4) is 0 Å². The summed E-state index contributed by atoms with van der Waals surface area (Å²) in [5.41, 5.74) is 3.50. The number of ether oxygens (including phenoxy) is 2. The quantitative estimate of drug-likeness (QED) is 0.769. The lowest BCUT2D eigenvalue weighted by Gasteiger charge is -2.31. The molecule has 1 atom stereocenters. The van der Waals surface area contributed by atoms with Crippen molar-refractivity contribution in [1.82, 2.24) is 10.3 Å². The molecule has 2 aromatic rings. The highest BCUT2D eigenvalue weighted by molar-refractivity contribution is 7.16. The van der Waals surface area contributed by atoms with Crippen LogP contribution in [0.15, 0.2) is 46.2 Å². The van der Waals surface area contributed by atoms with E-state index in [-0.39, 0.29) is 17.9 Å². The van der Waals surface area contributed by atoms with Gasteiger partial charge in [0.2, 0.25) is 0 Å². The molecule has 152 valence electrons. The number of hydrogen-bond donors (Lipinski definition) is 1. The molecule has 1 unspecified atom stereocenters. The van der Waals surface area contributed by atoms with E-state index in [2.05, 4.69) is 10.3 Å². The van der Waals surface area contributed by atoms with E-state index >= 15 is 0 Å². The largest absolute Gasteiger partial charge is 0.459 e. The van der Waals surface area contributed by atoms with E-state index in [9.17, 15) is 9.59 Å². The van der Waals surface area contributed by atoms with Gasteiger partial charge in [-0.2, -0.15) is 0 Å². The van der Waals surface area contributed by atoms with Crippen molar-refractivity contribution in [2.24, 2.45) is 0 Å². The Kier molecular flexibility index (Phi) is 5.52. The van der Waals surface area contributed by atoms with Crippen molar-refractivity contribution in [3.63, 3.8) is 0 Å². The zero-order valence-electron chi connectivity index (χ0n) is 16.8. The first-order valence-corrected chi connectivity index (χ1v) is 10.7. The van der Waals surface area contributed by atoms with Crippen molar-refractivity contribution >= 4 is 33.3 Å². The van der Waals surface area contributed by atoms with Crippen LogP contribution in [0.2, 0.25) is 0 Å². The van der Waals surface area contributed by atoms with Crippen molar-refractivity contribution in [3.05, 3.63) is 51.8 Å². The number of dihydropyridines is 1. The van der Waals surface area contributed by atoms with Gasteiger partial charge in [-0.15, -0.1) is 11.3 Å². The van der Waals surface area contributed by atoms with Crippen LogP contribution in [0.4, 0.5) is 0 Å². The molecule has 4 heterocycles. The number of nitrogens with one attached hydrogen (secondary N) is 1. The Morgan fingerprint density at radius 3 is 2.66 bits per heavy atom. The fourth-order valence-electron chi connectivity index (χ4n) is 4.16. The van der Waals surface area contributed by atoms with Gasteiger partial charge in [-0.1, -0.05) is 6.07 Å². The summed E-state index contributed by atoms with van der Waals surface area (Å²) in [7, 11) is 0. The van der Waals surface area contributed by atoms with E-state index in [4.69, 9.17) is 9.47 Å². The van der Waals surface area contributed by atoms with E-state index in [1.165, 1.54) is 11.3 Å². The van der Waals surface area contributed by atoms with E-state index in [0.29, 0.717) is 37.2 Å². The third-order valence-electron chi connectivity index (χ3n) is 5.49. The van der Waals surface area contributed by atoms with Crippen LogP contribution in [0, 0.1) is 0 Å². The van der Waals surface area contributed by atoms with Crippen LogP contribution in [-0.2, 0) is 19.1 Å². The summed E-state index contributed by atoms with van der Waals surface area (Å²) >= 11 is 1.52. The van der Waals surface area contributed by atoms with Crippen molar-refractivity contribution in [2.75, 3.05) is 13.2 Å². The molecule has 7 heteroatoms. The summed E-state index contributed by atoms with van der Waals surface area (Å²) in [5, 5.41) is 6.18. The second-order valence-electron chi connectivity index (χ2n) is 7.46. The van der Waals surface area contributed by atoms with Gasteiger partial charge >= 0.3 is 5.97 Å². The van der Waals surface area contributed by atoms with Crippen LogP contribution in [0.1, 0.15) is 45.1 Å². The molecule has 4 rings (SSSR count). The molecule has 0 aliphatic carbocycles. The Bertz CT molecular complexity index is 1030. The highest BCUT2D eigenvalue weighted by Gasteiger charge is 2.38. The predicted octanol–water partition coefficient (Wildman–Crippen LogP) is 3.84. The second-order valence-corrected chi connectivity index (χ2v) is 8.31. The monoisotopic (exact) mass is 412 g/mol. The van der Waals surface area contributed by atoms with Gasteiger partial charge in [0, 0.05) is 47.3 Å². The lowest BCUT2D eigenvalue weighted by atomic mass is 9.79. The fourth-order valence-corrected chi connectivity index (χ4v) is 5.10. The number of thiophene rings is 1. The summed E-state index contributed by atoms with van der Waals surface area (Å²) in [4.78, 5) is 31.2. The molecule has 0 bridgehead atoms. The zero-order valence-corrected chi connectivity index (χ0v) is 17.6. The average molecular weight is 413 g/mol. The molecule has 0 amide bonds. The normalized spacial score (nSPS) is 20.7. The number of aromatic nitrogens is 1. The molecule has 0 radical (unpaired) electrons. The van der Waals surface area contributed by atoms with Crippen molar-refractivity contribution in [3.8, 4) is 0 Å².